The highest BCUT2D eigenvalue weighted by molar-refractivity contribution is 7.92. The van der Waals surface area contributed by atoms with Crippen LogP contribution in [0.1, 0.15) is 25.0 Å². The molecule has 2 amide bonds. The fourth-order valence-electron chi connectivity index (χ4n) is 4.44. The molecule has 1 aliphatic rings. The van der Waals surface area contributed by atoms with Gasteiger partial charge in [0.25, 0.3) is 0 Å². The Balaban J connectivity index is 1.73. The van der Waals surface area contributed by atoms with Gasteiger partial charge in [0.15, 0.2) is 11.5 Å². The monoisotopic (exact) mass is 599 g/mol. The molecule has 0 radical (unpaired) electrons. The Morgan fingerprint density at radius 1 is 0.976 bits per heavy atom. The smallest absolute Gasteiger partial charge is 0.244 e. The Hall–Kier alpha value is -3.76. The average Bonchev–Trinajstić information content (AvgIpc) is 3.41. The number of benzene rings is 3. The average molecular weight is 600 g/mol. The van der Waals surface area contributed by atoms with Crippen LogP contribution in [0.2, 0.25) is 5.02 Å². The van der Waals surface area contributed by atoms with Crippen molar-refractivity contribution in [3.8, 4) is 11.5 Å². The molecule has 0 aliphatic carbocycles. The van der Waals surface area contributed by atoms with Crippen molar-refractivity contribution in [2.75, 3.05) is 30.4 Å². The lowest BCUT2D eigenvalue weighted by Gasteiger charge is -2.34. The van der Waals surface area contributed by atoms with Crippen molar-refractivity contribution in [2.45, 2.75) is 32.9 Å². The number of fused-ring (bicyclic) bond motifs is 1. The molecular weight excluding hydrogens is 566 g/mol. The van der Waals surface area contributed by atoms with Crippen LogP contribution in [-0.2, 0) is 32.6 Å². The topological polar surface area (TPSA) is 105 Å². The van der Waals surface area contributed by atoms with Gasteiger partial charge in [0.2, 0.25) is 28.6 Å². The summed E-state index contributed by atoms with van der Waals surface area (Å²) in [4.78, 5) is 29.2. The van der Waals surface area contributed by atoms with Crippen molar-refractivity contribution in [3.63, 3.8) is 0 Å². The summed E-state index contributed by atoms with van der Waals surface area (Å²) in [5.41, 5.74) is 1.72. The van der Waals surface area contributed by atoms with Crippen LogP contribution in [0.4, 0.5) is 5.69 Å². The lowest BCUT2D eigenvalue weighted by atomic mass is 10.0. The quantitative estimate of drug-likeness (QED) is 0.334. The van der Waals surface area contributed by atoms with E-state index < -0.39 is 28.5 Å². The fraction of sp³-hybridized carbons (Fsp3) is 0.333. The number of amides is 2. The van der Waals surface area contributed by atoms with E-state index in [0.717, 1.165) is 16.1 Å². The zero-order valence-electron chi connectivity index (χ0n) is 23.2. The summed E-state index contributed by atoms with van der Waals surface area (Å²) >= 11 is 6.48. The van der Waals surface area contributed by atoms with Crippen molar-refractivity contribution in [1.29, 1.82) is 0 Å². The molecule has 1 heterocycles. The van der Waals surface area contributed by atoms with Gasteiger partial charge in [0.1, 0.15) is 12.6 Å². The van der Waals surface area contributed by atoms with Crippen LogP contribution in [0.3, 0.4) is 0 Å². The molecule has 1 aliphatic heterocycles. The molecule has 0 saturated carbocycles. The highest BCUT2D eigenvalue weighted by Gasteiger charge is 2.33. The maximum atomic E-state index is 14.1. The van der Waals surface area contributed by atoms with Gasteiger partial charge in [-0.3, -0.25) is 13.9 Å². The number of ether oxygens (including phenoxy) is 2. The molecule has 218 valence electrons. The highest BCUT2D eigenvalue weighted by atomic mass is 35.5. The van der Waals surface area contributed by atoms with E-state index in [4.69, 9.17) is 21.1 Å². The normalized spacial score (nSPS) is 13.1. The third-order valence-corrected chi connectivity index (χ3v) is 8.09. The van der Waals surface area contributed by atoms with Crippen LogP contribution >= 0.6 is 11.6 Å². The summed E-state index contributed by atoms with van der Waals surface area (Å²) < 4.78 is 37.7. The number of carbonyl (C=O) groups excluding carboxylic acids is 2. The van der Waals surface area contributed by atoms with Gasteiger partial charge in [-0.2, -0.15) is 0 Å². The summed E-state index contributed by atoms with van der Waals surface area (Å²) in [7, 11) is -3.91. The third-order valence-electron chi connectivity index (χ3n) is 6.58. The zero-order chi connectivity index (χ0) is 29.6. The Labute approximate surface area is 246 Å². The van der Waals surface area contributed by atoms with E-state index in [1.165, 1.54) is 11.0 Å². The van der Waals surface area contributed by atoms with Crippen LogP contribution in [-0.4, -0.2) is 57.3 Å². The van der Waals surface area contributed by atoms with Gasteiger partial charge in [-0.1, -0.05) is 74.0 Å². The summed E-state index contributed by atoms with van der Waals surface area (Å²) in [6.07, 6.45) is 1.25. The van der Waals surface area contributed by atoms with E-state index in [-0.39, 0.29) is 37.3 Å². The van der Waals surface area contributed by atoms with E-state index in [1.807, 2.05) is 44.2 Å². The molecule has 0 bridgehead atoms. The van der Waals surface area contributed by atoms with Gasteiger partial charge in [-0.25, -0.2) is 8.42 Å². The minimum Gasteiger partial charge on any atom is -0.454 e. The highest BCUT2D eigenvalue weighted by Crippen LogP contribution is 2.36. The molecule has 0 fully saturated rings. The van der Waals surface area contributed by atoms with Crippen LogP contribution in [0, 0.1) is 5.92 Å². The second-order valence-corrected chi connectivity index (χ2v) is 12.6. The van der Waals surface area contributed by atoms with Gasteiger partial charge < -0.3 is 19.7 Å². The largest absolute Gasteiger partial charge is 0.454 e. The van der Waals surface area contributed by atoms with Crippen molar-refractivity contribution < 1.29 is 27.5 Å². The number of hydrogen-bond acceptors (Lipinski definition) is 6. The van der Waals surface area contributed by atoms with Gasteiger partial charge >= 0.3 is 0 Å². The number of rotatable bonds is 12. The number of anilines is 1. The first-order chi connectivity index (χ1) is 19.5. The van der Waals surface area contributed by atoms with Crippen LogP contribution in [0.5, 0.6) is 11.5 Å². The predicted molar refractivity (Wildman–Crippen MR) is 159 cm³/mol. The lowest BCUT2D eigenvalue weighted by molar-refractivity contribution is -0.140. The molecule has 0 saturated heterocycles. The summed E-state index contributed by atoms with van der Waals surface area (Å²) in [5.74, 6) is 0.159. The molecule has 3 aromatic rings. The van der Waals surface area contributed by atoms with E-state index in [0.29, 0.717) is 28.6 Å². The molecule has 41 heavy (non-hydrogen) atoms. The molecular formula is C30H34ClN3O6S. The number of nitrogens with zero attached hydrogens (tertiary/aromatic N) is 2. The molecule has 4 rings (SSSR count). The Kier molecular flexibility index (Phi) is 9.77. The molecule has 0 spiro atoms. The number of halogens is 1. The van der Waals surface area contributed by atoms with Crippen molar-refractivity contribution in [1.82, 2.24) is 10.2 Å². The third kappa shape index (κ3) is 7.92. The first kappa shape index (κ1) is 30.2. The molecule has 3 aromatic carbocycles. The van der Waals surface area contributed by atoms with E-state index in [9.17, 15) is 18.0 Å². The second-order valence-electron chi connectivity index (χ2n) is 10.3. The van der Waals surface area contributed by atoms with Crippen LogP contribution in [0.15, 0.2) is 72.8 Å². The Morgan fingerprint density at radius 2 is 1.66 bits per heavy atom. The molecule has 0 aromatic heterocycles. The lowest BCUT2D eigenvalue weighted by Crippen LogP contribution is -2.53. The minimum atomic E-state index is -3.91. The van der Waals surface area contributed by atoms with Gasteiger partial charge in [-0.05, 0) is 35.2 Å². The first-order valence-electron chi connectivity index (χ1n) is 13.2. The van der Waals surface area contributed by atoms with Crippen molar-refractivity contribution in [3.05, 3.63) is 88.9 Å². The van der Waals surface area contributed by atoms with Gasteiger partial charge in [0.05, 0.1) is 11.9 Å². The Morgan fingerprint density at radius 3 is 2.34 bits per heavy atom. The number of carbonyl (C=O) groups is 2. The number of sulfonamides is 1. The summed E-state index contributed by atoms with van der Waals surface area (Å²) in [6.45, 7) is 3.87. The van der Waals surface area contributed by atoms with E-state index in [2.05, 4.69) is 5.32 Å². The van der Waals surface area contributed by atoms with Crippen LogP contribution in [0.25, 0.3) is 0 Å². The maximum absolute atomic E-state index is 14.1. The standard InChI is InChI=1S/C30H34ClN3O6S/c1-21(2)17-32-30(36)26(15-22-9-5-4-6-10-22)33(18-23-11-7-8-12-25(23)31)29(35)19-34(41(3,37)38)24-13-14-27-28(16-24)40-20-39-27/h4-14,16,21,26H,15,17-20H2,1-3H3,(H,32,36)/t26-/m0/s1. The van der Waals surface area contributed by atoms with E-state index >= 15 is 0 Å². The second kappa shape index (κ2) is 13.3. The fourth-order valence-corrected chi connectivity index (χ4v) is 5.48. The SMILES string of the molecule is CC(C)CNC(=O)[C@H](Cc1ccccc1)N(Cc1ccccc1Cl)C(=O)CN(c1ccc2c(c1)OCO2)S(C)(=O)=O. The molecule has 0 unspecified atom stereocenters. The number of hydrogen-bond donors (Lipinski definition) is 1. The molecule has 11 heteroatoms. The summed E-state index contributed by atoms with van der Waals surface area (Å²) in [6, 6.07) is 20.2. The number of nitrogens with one attached hydrogen (secondary N) is 1. The van der Waals surface area contributed by atoms with Gasteiger partial charge in [0, 0.05) is 30.6 Å². The zero-order valence-corrected chi connectivity index (χ0v) is 24.8. The van der Waals surface area contributed by atoms with Crippen LogP contribution < -0.4 is 19.1 Å². The van der Waals surface area contributed by atoms with E-state index in [1.54, 1.807) is 36.4 Å². The molecule has 1 N–H and O–H groups in total. The Bertz CT molecular complexity index is 1480. The molecule has 9 nitrogen and oxygen atoms in total. The minimum absolute atomic E-state index is 0.00382. The predicted octanol–water partition coefficient (Wildman–Crippen LogP) is 4.25. The summed E-state index contributed by atoms with van der Waals surface area (Å²) in [5, 5.41) is 3.39. The van der Waals surface area contributed by atoms with Crippen molar-refractivity contribution >= 4 is 39.1 Å². The first-order valence-corrected chi connectivity index (χ1v) is 15.5. The molecule has 1 atom stereocenters. The maximum Gasteiger partial charge on any atom is 0.244 e. The van der Waals surface area contributed by atoms with Crippen molar-refractivity contribution in [2.24, 2.45) is 5.92 Å². The van der Waals surface area contributed by atoms with Gasteiger partial charge in [-0.15, -0.1) is 0 Å².